The molecule has 0 radical (unpaired) electrons. The third-order valence-corrected chi connectivity index (χ3v) is 5.66. The molecule has 0 saturated heterocycles. The van der Waals surface area contributed by atoms with Gasteiger partial charge in [-0.15, -0.1) is 0 Å². The summed E-state index contributed by atoms with van der Waals surface area (Å²) >= 11 is 0. The van der Waals surface area contributed by atoms with Crippen molar-refractivity contribution in [3.8, 4) is 11.5 Å². The third-order valence-electron chi connectivity index (χ3n) is 5.66. The molecular weight excluding hydrogens is 284 g/mol. The zero-order chi connectivity index (χ0) is 17.0. The molecule has 1 aromatic carbocycles. The van der Waals surface area contributed by atoms with Crippen molar-refractivity contribution < 1.29 is 9.84 Å². The molecule has 1 aromatic rings. The van der Waals surface area contributed by atoms with Crippen LogP contribution in [0, 0.1) is 11.8 Å². The van der Waals surface area contributed by atoms with E-state index in [1.54, 1.807) is 0 Å². The SMILES string of the molecule is CC1=CCC2[C@@H](C1)Cc1c(O)cc(C(C)(C)C)cc1OC2(C)C. The van der Waals surface area contributed by atoms with Crippen LogP contribution in [0.2, 0.25) is 0 Å². The van der Waals surface area contributed by atoms with E-state index in [1.165, 1.54) is 5.57 Å². The Kier molecular flexibility index (Phi) is 3.78. The summed E-state index contributed by atoms with van der Waals surface area (Å²) < 4.78 is 6.48. The standard InChI is InChI=1S/C21H30O2/c1-13-7-8-17-14(9-13)10-16-18(22)11-15(20(2,3)4)12-19(16)23-21(17,5)6/h7,11-12,14,17,22H,8-10H2,1-6H3/t14-,17?/m0/s1. The van der Waals surface area contributed by atoms with E-state index < -0.39 is 0 Å². The van der Waals surface area contributed by atoms with Crippen LogP contribution in [0.25, 0.3) is 0 Å². The van der Waals surface area contributed by atoms with Crippen LogP contribution in [-0.4, -0.2) is 10.7 Å². The number of phenols is 1. The van der Waals surface area contributed by atoms with Crippen molar-refractivity contribution in [3.05, 3.63) is 34.9 Å². The first-order chi connectivity index (χ1) is 10.6. The van der Waals surface area contributed by atoms with Gasteiger partial charge in [0.25, 0.3) is 0 Å². The van der Waals surface area contributed by atoms with Crippen LogP contribution >= 0.6 is 0 Å². The maximum atomic E-state index is 10.7. The van der Waals surface area contributed by atoms with E-state index in [-0.39, 0.29) is 11.0 Å². The van der Waals surface area contributed by atoms with Gasteiger partial charge >= 0.3 is 0 Å². The zero-order valence-electron chi connectivity index (χ0n) is 15.4. The first-order valence-electron chi connectivity index (χ1n) is 8.79. The Hall–Kier alpha value is -1.44. The fraction of sp³-hybridized carbons (Fsp3) is 0.619. The van der Waals surface area contributed by atoms with Gasteiger partial charge in [0.2, 0.25) is 0 Å². The molecule has 1 unspecified atom stereocenters. The molecule has 1 aliphatic carbocycles. The normalized spacial score (nSPS) is 26.4. The van der Waals surface area contributed by atoms with Gasteiger partial charge in [-0.1, -0.05) is 32.4 Å². The summed E-state index contributed by atoms with van der Waals surface area (Å²) in [4.78, 5) is 0. The van der Waals surface area contributed by atoms with Gasteiger partial charge in [-0.2, -0.15) is 0 Å². The van der Waals surface area contributed by atoms with Crippen molar-refractivity contribution in [2.24, 2.45) is 11.8 Å². The number of fused-ring (bicyclic) bond motifs is 2. The summed E-state index contributed by atoms with van der Waals surface area (Å²) in [6.07, 6.45) is 5.45. The van der Waals surface area contributed by atoms with Crippen molar-refractivity contribution >= 4 is 0 Å². The molecule has 1 heterocycles. The molecule has 1 N–H and O–H groups in total. The van der Waals surface area contributed by atoms with E-state index in [0.29, 0.717) is 17.6 Å². The molecule has 1 aliphatic heterocycles. The van der Waals surface area contributed by atoms with Gasteiger partial charge in [-0.25, -0.2) is 0 Å². The van der Waals surface area contributed by atoms with Crippen LogP contribution in [0.3, 0.4) is 0 Å². The highest BCUT2D eigenvalue weighted by atomic mass is 16.5. The summed E-state index contributed by atoms with van der Waals surface area (Å²) in [6.45, 7) is 13.1. The monoisotopic (exact) mass is 314 g/mol. The average molecular weight is 314 g/mol. The molecule has 0 aromatic heterocycles. The number of rotatable bonds is 0. The quantitative estimate of drug-likeness (QED) is 0.652. The van der Waals surface area contributed by atoms with E-state index in [4.69, 9.17) is 4.74 Å². The lowest BCUT2D eigenvalue weighted by molar-refractivity contribution is 0.0208. The van der Waals surface area contributed by atoms with E-state index >= 15 is 0 Å². The second-order valence-electron chi connectivity index (χ2n) is 8.99. The Balaban J connectivity index is 2.08. The molecule has 2 nitrogen and oxygen atoms in total. The Bertz CT molecular complexity index is 647. The fourth-order valence-corrected chi connectivity index (χ4v) is 4.21. The third kappa shape index (κ3) is 3.00. The molecule has 126 valence electrons. The van der Waals surface area contributed by atoms with Gasteiger partial charge in [0, 0.05) is 11.5 Å². The summed E-state index contributed by atoms with van der Waals surface area (Å²) in [5.74, 6) is 2.32. The molecule has 0 fully saturated rings. The minimum Gasteiger partial charge on any atom is -0.508 e. The molecule has 0 saturated carbocycles. The topological polar surface area (TPSA) is 29.5 Å². The number of hydrogen-bond acceptors (Lipinski definition) is 2. The fourth-order valence-electron chi connectivity index (χ4n) is 4.21. The summed E-state index contributed by atoms with van der Waals surface area (Å²) in [6, 6.07) is 4.08. The van der Waals surface area contributed by atoms with Crippen molar-refractivity contribution in [1.29, 1.82) is 0 Å². The molecule has 23 heavy (non-hydrogen) atoms. The lowest BCUT2D eigenvalue weighted by Crippen LogP contribution is -2.41. The number of phenolic OH excluding ortho intramolecular Hbond substituents is 1. The van der Waals surface area contributed by atoms with Crippen molar-refractivity contribution in [3.63, 3.8) is 0 Å². The Morgan fingerprint density at radius 1 is 1.17 bits per heavy atom. The summed E-state index contributed by atoms with van der Waals surface area (Å²) in [5.41, 5.74) is 3.38. The lowest BCUT2D eigenvalue weighted by Gasteiger charge is -2.39. The van der Waals surface area contributed by atoms with Crippen LogP contribution < -0.4 is 4.74 Å². The van der Waals surface area contributed by atoms with Gasteiger partial charge in [0.1, 0.15) is 17.1 Å². The largest absolute Gasteiger partial charge is 0.508 e. The number of benzene rings is 1. The molecule has 3 rings (SSSR count). The van der Waals surface area contributed by atoms with Gasteiger partial charge < -0.3 is 9.84 Å². The van der Waals surface area contributed by atoms with Gasteiger partial charge in [-0.05, 0) is 69.1 Å². The highest BCUT2D eigenvalue weighted by molar-refractivity contribution is 5.50. The number of allylic oxidation sites excluding steroid dienone is 2. The predicted octanol–water partition coefficient (Wildman–Crippen LogP) is 5.38. The van der Waals surface area contributed by atoms with E-state index in [2.05, 4.69) is 53.7 Å². The van der Waals surface area contributed by atoms with Crippen LogP contribution in [0.5, 0.6) is 11.5 Å². The Labute approximate surface area is 140 Å². The number of hydrogen-bond donors (Lipinski definition) is 1. The molecule has 0 spiro atoms. The predicted molar refractivity (Wildman–Crippen MR) is 95.2 cm³/mol. The number of aromatic hydroxyl groups is 1. The summed E-state index contributed by atoms with van der Waals surface area (Å²) in [5, 5.41) is 10.7. The van der Waals surface area contributed by atoms with Crippen LogP contribution in [-0.2, 0) is 11.8 Å². The molecule has 2 aliphatic rings. The maximum absolute atomic E-state index is 10.7. The highest BCUT2D eigenvalue weighted by Crippen LogP contribution is 2.48. The first-order valence-corrected chi connectivity index (χ1v) is 8.79. The molecule has 0 bridgehead atoms. The summed E-state index contributed by atoms with van der Waals surface area (Å²) in [7, 11) is 0. The van der Waals surface area contributed by atoms with Crippen LogP contribution in [0.1, 0.15) is 65.5 Å². The van der Waals surface area contributed by atoms with E-state index in [1.807, 2.05) is 6.07 Å². The van der Waals surface area contributed by atoms with Crippen molar-refractivity contribution in [1.82, 2.24) is 0 Å². The molecule has 2 atom stereocenters. The second-order valence-corrected chi connectivity index (χ2v) is 8.99. The smallest absolute Gasteiger partial charge is 0.127 e. The number of ether oxygens (including phenoxy) is 1. The van der Waals surface area contributed by atoms with E-state index in [9.17, 15) is 5.11 Å². The first kappa shape index (κ1) is 16.4. The van der Waals surface area contributed by atoms with Crippen LogP contribution in [0.4, 0.5) is 0 Å². The van der Waals surface area contributed by atoms with E-state index in [0.717, 1.165) is 36.1 Å². The van der Waals surface area contributed by atoms with Crippen molar-refractivity contribution in [2.45, 2.75) is 71.8 Å². The second kappa shape index (κ2) is 5.29. The van der Waals surface area contributed by atoms with Gasteiger partial charge in [0.05, 0.1) is 0 Å². The minimum absolute atomic E-state index is 0.00276. The van der Waals surface area contributed by atoms with Gasteiger partial charge in [-0.3, -0.25) is 0 Å². The maximum Gasteiger partial charge on any atom is 0.127 e. The average Bonchev–Trinajstić information content (AvgIpc) is 2.51. The Morgan fingerprint density at radius 2 is 1.87 bits per heavy atom. The molecule has 0 amide bonds. The molecule has 2 heteroatoms. The Morgan fingerprint density at radius 3 is 2.52 bits per heavy atom. The molecular formula is C21H30O2. The van der Waals surface area contributed by atoms with Gasteiger partial charge in [0.15, 0.2) is 0 Å². The minimum atomic E-state index is -0.212. The zero-order valence-corrected chi connectivity index (χ0v) is 15.4. The highest BCUT2D eigenvalue weighted by Gasteiger charge is 2.42. The van der Waals surface area contributed by atoms with Crippen LogP contribution in [0.15, 0.2) is 23.8 Å². The van der Waals surface area contributed by atoms with Crippen molar-refractivity contribution in [2.75, 3.05) is 0 Å². The lowest BCUT2D eigenvalue weighted by atomic mass is 9.70.